The Morgan fingerprint density at radius 2 is 1.88 bits per heavy atom. The van der Waals surface area contributed by atoms with Gasteiger partial charge in [-0.2, -0.15) is 0 Å². The molecule has 1 unspecified atom stereocenters. The van der Waals surface area contributed by atoms with Crippen LogP contribution in [0.4, 0.5) is 0 Å². The Bertz CT molecular complexity index is 636. The Hall–Kier alpha value is -1.78. The van der Waals surface area contributed by atoms with Crippen LogP contribution in [0.3, 0.4) is 0 Å². The Kier molecular flexibility index (Phi) is 2.59. The van der Waals surface area contributed by atoms with Gasteiger partial charge in [0.1, 0.15) is 12.4 Å². The maximum absolute atomic E-state index is 10.3. The van der Waals surface area contributed by atoms with Gasteiger partial charge in [0.25, 0.3) is 0 Å². The van der Waals surface area contributed by atoms with Crippen molar-refractivity contribution in [2.75, 3.05) is 0 Å². The molecule has 3 rings (SSSR count). The van der Waals surface area contributed by atoms with Crippen molar-refractivity contribution < 1.29 is 5.11 Å². The van der Waals surface area contributed by atoms with Gasteiger partial charge < -0.3 is 5.11 Å². The molecule has 0 amide bonds. The number of hydrogen-bond acceptors (Lipinski definition) is 4. The summed E-state index contributed by atoms with van der Waals surface area (Å²) < 4.78 is 1.18. The fourth-order valence-corrected chi connectivity index (χ4v) is 2.82. The molecule has 0 aliphatic heterocycles. The normalized spacial score (nSPS) is 12.8. The lowest BCUT2D eigenvalue weighted by molar-refractivity contribution is 0.221. The predicted octanol–water partition coefficient (Wildman–Crippen LogP) is 2.77. The van der Waals surface area contributed by atoms with Gasteiger partial charge in [0, 0.05) is 28.2 Å². The van der Waals surface area contributed by atoms with Gasteiger partial charge in [0.05, 0.1) is 0 Å². The molecule has 17 heavy (non-hydrogen) atoms. The minimum Gasteiger partial charge on any atom is -0.383 e. The standard InChI is InChI=1S/C13H10N2OS/c16-13(9-5-14-8-15-6-9)11-7-17-12-4-2-1-3-10(11)12/h1-8,13,16H. The predicted molar refractivity (Wildman–Crippen MR) is 67.9 cm³/mol. The minimum atomic E-state index is -0.660. The summed E-state index contributed by atoms with van der Waals surface area (Å²) in [6.45, 7) is 0. The van der Waals surface area contributed by atoms with E-state index < -0.39 is 6.10 Å². The number of aliphatic hydroxyl groups is 1. The number of hydrogen-bond donors (Lipinski definition) is 1. The molecule has 0 radical (unpaired) electrons. The highest BCUT2D eigenvalue weighted by atomic mass is 32.1. The summed E-state index contributed by atoms with van der Waals surface area (Å²) in [6, 6.07) is 8.05. The number of aromatic nitrogens is 2. The van der Waals surface area contributed by atoms with Crippen molar-refractivity contribution in [3.8, 4) is 0 Å². The first kappa shape index (κ1) is 10.4. The summed E-state index contributed by atoms with van der Waals surface area (Å²) in [5.41, 5.74) is 1.64. The van der Waals surface area contributed by atoms with Gasteiger partial charge in [-0.1, -0.05) is 18.2 Å². The lowest BCUT2D eigenvalue weighted by Crippen LogP contribution is -1.99. The molecule has 4 heteroatoms. The van der Waals surface area contributed by atoms with Gasteiger partial charge in [0.2, 0.25) is 0 Å². The van der Waals surface area contributed by atoms with E-state index in [2.05, 4.69) is 16.0 Å². The molecule has 0 bridgehead atoms. The molecule has 1 atom stereocenters. The molecule has 0 aliphatic carbocycles. The van der Waals surface area contributed by atoms with Gasteiger partial charge in [-0.3, -0.25) is 0 Å². The first-order chi connectivity index (χ1) is 8.36. The van der Waals surface area contributed by atoms with Gasteiger partial charge in [-0.05, 0) is 16.8 Å². The van der Waals surface area contributed by atoms with E-state index in [-0.39, 0.29) is 0 Å². The zero-order chi connectivity index (χ0) is 11.7. The Morgan fingerprint density at radius 1 is 1.12 bits per heavy atom. The molecule has 2 aromatic heterocycles. The van der Waals surface area contributed by atoms with Crippen LogP contribution >= 0.6 is 11.3 Å². The van der Waals surface area contributed by atoms with Gasteiger partial charge in [-0.15, -0.1) is 11.3 Å². The Balaban J connectivity index is 2.10. The van der Waals surface area contributed by atoms with Crippen molar-refractivity contribution in [2.45, 2.75) is 6.10 Å². The van der Waals surface area contributed by atoms with Crippen LogP contribution in [-0.2, 0) is 0 Å². The Labute approximate surface area is 102 Å². The number of fused-ring (bicyclic) bond motifs is 1. The summed E-state index contributed by atoms with van der Waals surface area (Å²) in [7, 11) is 0. The fraction of sp³-hybridized carbons (Fsp3) is 0.0769. The van der Waals surface area contributed by atoms with E-state index >= 15 is 0 Å². The van der Waals surface area contributed by atoms with Crippen LogP contribution in [0.25, 0.3) is 10.1 Å². The third-order valence-electron chi connectivity index (χ3n) is 2.70. The summed E-state index contributed by atoms with van der Waals surface area (Å²) in [6.07, 6.45) is 4.09. The molecule has 84 valence electrons. The smallest absolute Gasteiger partial charge is 0.115 e. The summed E-state index contributed by atoms with van der Waals surface area (Å²) >= 11 is 1.64. The molecular formula is C13H10N2OS. The maximum atomic E-state index is 10.3. The highest BCUT2D eigenvalue weighted by Crippen LogP contribution is 2.32. The molecule has 0 saturated heterocycles. The van der Waals surface area contributed by atoms with Crippen LogP contribution in [0.2, 0.25) is 0 Å². The summed E-state index contributed by atoms with van der Waals surface area (Å²) in [5, 5.41) is 13.4. The molecule has 3 aromatic rings. The molecule has 1 N–H and O–H groups in total. The molecule has 0 fully saturated rings. The maximum Gasteiger partial charge on any atom is 0.115 e. The Morgan fingerprint density at radius 3 is 2.71 bits per heavy atom. The average Bonchev–Trinajstić information content (AvgIpc) is 2.83. The quantitative estimate of drug-likeness (QED) is 0.751. The molecule has 1 aromatic carbocycles. The molecule has 2 heterocycles. The van der Waals surface area contributed by atoms with Crippen LogP contribution in [0, 0.1) is 0 Å². The number of aliphatic hydroxyl groups excluding tert-OH is 1. The van der Waals surface area contributed by atoms with Crippen LogP contribution in [0.5, 0.6) is 0 Å². The minimum absolute atomic E-state index is 0.660. The zero-order valence-corrected chi connectivity index (χ0v) is 9.76. The zero-order valence-electron chi connectivity index (χ0n) is 8.95. The van der Waals surface area contributed by atoms with E-state index in [1.165, 1.54) is 11.0 Å². The average molecular weight is 242 g/mol. The van der Waals surface area contributed by atoms with Gasteiger partial charge >= 0.3 is 0 Å². The van der Waals surface area contributed by atoms with E-state index in [0.717, 1.165) is 16.5 Å². The monoisotopic (exact) mass is 242 g/mol. The van der Waals surface area contributed by atoms with E-state index in [1.54, 1.807) is 23.7 Å². The number of thiophene rings is 1. The largest absolute Gasteiger partial charge is 0.383 e. The van der Waals surface area contributed by atoms with Crippen molar-refractivity contribution in [1.29, 1.82) is 0 Å². The number of rotatable bonds is 2. The summed E-state index contributed by atoms with van der Waals surface area (Å²) in [5.74, 6) is 0. The molecule has 0 saturated carbocycles. The second-order valence-corrected chi connectivity index (χ2v) is 4.67. The second-order valence-electron chi connectivity index (χ2n) is 3.76. The van der Waals surface area contributed by atoms with Crippen molar-refractivity contribution >= 4 is 21.4 Å². The first-order valence-corrected chi connectivity index (χ1v) is 6.13. The fourth-order valence-electron chi connectivity index (χ4n) is 1.84. The van der Waals surface area contributed by atoms with Crippen molar-refractivity contribution in [2.24, 2.45) is 0 Å². The van der Waals surface area contributed by atoms with Crippen LogP contribution in [-0.4, -0.2) is 15.1 Å². The lowest BCUT2D eigenvalue weighted by Gasteiger charge is -2.08. The molecule has 3 nitrogen and oxygen atoms in total. The van der Waals surface area contributed by atoms with Crippen LogP contribution < -0.4 is 0 Å². The van der Waals surface area contributed by atoms with Crippen LogP contribution in [0.15, 0.2) is 48.4 Å². The topological polar surface area (TPSA) is 46.0 Å². The van der Waals surface area contributed by atoms with Crippen LogP contribution in [0.1, 0.15) is 17.2 Å². The molecular weight excluding hydrogens is 232 g/mol. The SMILES string of the molecule is OC(c1cncnc1)c1csc2ccccc12. The third-order valence-corrected chi connectivity index (χ3v) is 3.68. The highest BCUT2D eigenvalue weighted by Gasteiger charge is 2.15. The first-order valence-electron chi connectivity index (χ1n) is 5.25. The van der Waals surface area contributed by atoms with E-state index in [9.17, 15) is 5.11 Å². The highest BCUT2D eigenvalue weighted by molar-refractivity contribution is 7.17. The summed E-state index contributed by atoms with van der Waals surface area (Å²) in [4.78, 5) is 7.86. The molecule has 0 aliphatic rings. The molecule has 0 spiro atoms. The van der Waals surface area contributed by atoms with E-state index in [4.69, 9.17) is 0 Å². The van der Waals surface area contributed by atoms with Gasteiger partial charge in [-0.25, -0.2) is 9.97 Å². The second kappa shape index (κ2) is 4.24. The third kappa shape index (κ3) is 1.81. The van der Waals surface area contributed by atoms with E-state index in [1.807, 2.05) is 23.6 Å². The lowest BCUT2D eigenvalue weighted by atomic mass is 10.0. The van der Waals surface area contributed by atoms with E-state index in [0.29, 0.717) is 0 Å². The van der Waals surface area contributed by atoms with Crippen molar-refractivity contribution in [3.05, 3.63) is 59.5 Å². The van der Waals surface area contributed by atoms with Crippen molar-refractivity contribution in [3.63, 3.8) is 0 Å². The van der Waals surface area contributed by atoms with Crippen molar-refractivity contribution in [1.82, 2.24) is 9.97 Å². The number of nitrogens with zero attached hydrogens (tertiary/aromatic N) is 2. The number of benzene rings is 1. The van der Waals surface area contributed by atoms with Gasteiger partial charge in [0.15, 0.2) is 0 Å².